The van der Waals surface area contributed by atoms with Crippen molar-refractivity contribution in [2.24, 2.45) is 4.99 Å². The Morgan fingerprint density at radius 2 is 2.04 bits per heavy atom. The maximum Gasteiger partial charge on any atom is 0.410 e. The predicted molar refractivity (Wildman–Crippen MR) is 113 cm³/mol. The van der Waals surface area contributed by atoms with E-state index in [0.717, 1.165) is 43.1 Å². The number of hydrogen-bond donors (Lipinski definition) is 2. The van der Waals surface area contributed by atoms with Crippen LogP contribution < -0.4 is 10.6 Å². The number of carbonyl (C=O) groups is 1. The van der Waals surface area contributed by atoms with Crippen molar-refractivity contribution in [1.82, 2.24) is 20.5 Å². The zero-order chi connectivity index (χ0) is 20.3. The molecule has 1 aromatic heterocycles. The van der Waals surface area contributed by atoms with Gasteiger partial charge in [-0.3, -0.25) is 4.99 Å². The lowest BCUT2D eigenvalue weighted by Crippen LogP contribution is -2.54. The van der Waals surface area contributed by atoms with Crippen molar-refractivity contribution < 1.29 is 9.53 Å². The van der Waals surface area contributed by atoms with E-state index >= 15 is 0 Å². The van der Waals surface area contributed by atoms with Gasteiger partial charge in [-0.2, -0.15) is 0 Å². The van der Waals surface area contributed by atoms with Gasteiger partial charge in [-0.1, -0.05) is 6.92 Å². The molecule has 0 radical (unpaired) electrons. The van der Waals surface area contributed by atoms with E-state index in [2.05, 4.69) is 27.5 Å². The molecule has 2 unspecified atom stereocenters. The minimum atomic E-state index is -0.453. The number of rotatable bonds is 4. The second-order valence-electron chi connectivity index (χ2n) is 8.58. The molecule has 7 nitrogen and oxygen atoms in total. The Bertz CT molecular complexity index is 698. The molecule has 0 aromatic carbocycles. The summed E-state index contributed by atoms with van der Waals surface area (Å²) in [6, 6.07) is 0.801. The van der Waals surface area contributed by atoms with Crippen molar-refractivity contribution >= 4 is 23.4 Å². The lowest BCUT2D eigenvalue weighted by molar-refractivity contribution is 0.00545. The first-order chi connectivity index (χ1) is 13.3. The summed E-state index contributed by atoms with van der Waals surface area (Å²) >= 11 is 1.74. The molecule has 8 heteroatoms. The maximum absolute atomic E-state index is 12.6. The van der Waals surface area contributed by atoms with Crippen LogP contribution in [0.25, 0.3) is 0 Å². The molecule has 2 aliphatic heterocycles. The van der Waals surface area contributed by atoms with Crippen molar-refractivity contribution in [1.29, 1.82) is 0 Å². The number of aliphatic imine (C=N–C) groups is 1. The molecule has 3 rings (SSSR count). The molecule has 28 heavy (non-hydrogen) atoms. The molecule has 2 atom stereocenters. The number of hydrogen-bond acceptors (Lipinski definition) is 5. The van der Waals surface area contributed by atoms with Crippen LogP contribution in [0.4, 0.5) is 4.79 Å². The van der Waals surface area contributed by atoms with Gasteiger partial charge in [0.1, 0.15) is 10.6 Å². The van der Waals surface area contributed by atoms with Gasteiger partial charge in [0, 0.05) is 36.2 Å². The summed E-state index contributed by atoms with van der Waals surface area (Å²) in [6.07, 6.45) is 6.74. The van der Waals surface area contributed by atoms with Gasteiger partial charge >= 0.3 is 6.09 Å². The molecule has 3 heterocycles. The van der Waals surface area contributed by atoms with E-state index < -0.39 is 5.60 Å². The van der Waals surface area contributed by atoms with E-state index in [1.807, 2.05) is 31.9 Å². The predicted octanol–water partition coefficient (Wildman–Crippen LogP) is 3.30. The Morgan fingerprint density at radius 1 is 1.36 bits per heavy atom. The highest BCUT2D eigenvalue weighted by molar-refractivity contribution is 7.11. The monoisotopic (exact) mass is 407 g/mol. The Hall–Kier alpha value is -1.83. The maximum atomic E-state index is 12.6. The van der Waals surface area contributed by atoms with Gasteiger partial charge in [-0.25, -0.2) is 9.78 Å². The van der Waals surface area contributed by atoms with Gasteiger partial charge in [0.15, 0.2) is 5.96 Å². The first kappa shape index (κ1) is 20.9. The average molecular weight is 408 g/mol. The highest BCUT2D eigenvalue weighted by atomic mass is 32.1. The van der Waals surface area contributed by atoms with Gasteiger partial charge in [0.25, 0.3) is 0 Å². The van der Waals surface area contributed by atoms with Crippen LogP contribution in [-0.2, 0) is 17.7 Å². The Labute approximate surface area is 172 Å². The summed E-state index contributed by atoms with van der Waals surface area (Å²) in [6.45, 7) is 8.57. The molecule has 1 amide bonds. The standard InChI is InChI=1S/C20H33N5O2S/c1-6-16-11-22-17(28-16)12-23-18(21-5)24-13-9-14-7-8-15(10-13)25(14)19(26)27-20(2,3)4/h11,13-15H,6-10,12H2,1-5H3,(H2,21,23,24). The van der Waals surface area contributed by atoms with Crippen molar-refractivity contribution in [3.05, 3.63) is 16.1 Å². The quantitative estimate of drug-likeness (QED) is 0.591. The topological polar surface area (TPSA) is 78.9 Å². The van der Waals surface area contributed by atoms with Crippen LogP contribution in [0.2, 0.25) is 0 Å². The van der Waals surface area contributed by atoms with E-state index in [-0.39, 0.29) is 18.2 Å². The number of piperidine rings is 1. The average Bonchev–Trinajstić information content (AvgIpc) is 3.19. The first-order valence-corrected chi connectivity index (χ1v) is 11.0. The molecule has 0 saturated carbocycles. The molecule has 1 aromatic rings. The molecule has 2 aliphatic rings. The first-order valence-electron chi connectivity index (χ1n) is 10.2. The van der Waals surface area contributed by atoms with Crippen molar-refractivity contribution in [2.45, 2.75) is 90.1 Å². The van der Waals surface area contributed by atoms with Crippen molar-refractivity contribution in [3.8, 4) is 0 Å². The largest absolute Gasteiger partial charge is 0.444 e. The van der Waals surface area contributed by atoms with Crippen molar-refractivity contribution in [3.63, 3.8) is 0 Å². The molecule has 0 spiro atoms. The van der Waals surface area contributed by atoms with E-state index in [0.29, 0.717) is 12.6 Å². The number of ether oxygens (including phenoxy) is 1. The van der Waals surface area contributed by atoms with Gasteiger partial charge in [0.2, 0.25) is 0 Å². The number of aromatic nitrogens is 1. The molecule has 0 aliphatic carbocycles. The van der Waals surface area contributed by atoms with E-state index in [1.54, 1.807) is 18.4 Å². The fraction of sp³-hybridized carbons (Fsp3) is 0.750. The van der Waals surface area contributed by atoms with Gasteiger partial charge in [-0.15, -0.1) is 11.3 Å². The minimum Gasteiger partial charge on any atom is -0.444 e. The number of carbonyl (C=O) groups excluding carboxylic acids is 1. The number of thiazole rings is 1. The number of fused-ring (bicyclic) bond motifs is 2. The Morgan fingerprint density at radius 3 is 2.57 bits per heavy atom. The molecule has 2 N–H and O–H groups in total. The lowest BCUT2D eigenvalue weighted by Gasteiger charge is -2.40. The van der Waals surface area contributed by atoms with Crippen LogP contribution in [0.3, 0.4) is 0 Å². The second-order valence-corrected chi connectivity index (χ2v) is 9.78. The highest BCUT2D eigenvalue weighted by Crippen LogP contribution is 2.36. The van der Waals surface area contributed by atoms with E-state index in [9.17, 15) is 4.79 Å². The molecular formula is C20H33N5O2S. The SMILES string of the molecule is CCc1cnc(CNC(=NC)NC2CC3CCC(C2)N3C(=O)OC(C)(C)C)s1. The summed E-state index contributed by atoms with van der Waals surface area (Å²) in [7, 11) is 1.79. The summed E-state index contributed by atoms with van der Waals surface area (Å²) in [5.41, 5.74) is -0.453. The third-order valence-electron chi connectivity index (χ3n) is 5.26. The fourth-order valence-corrected chi connectivity index (χ4v) is 4.85. The lowest BCUT2D eigenvalue weighted by atomic mass is 9.98. The number of aryl methyl sites for hydroxylation is 1. The van der Waals surface area contributed by atoms with Crippen LogP contribution in [0.1, 0.15) is 63.3 Å². The van der Waals surface area contributed by atoms with E-state index in [1.165, 1.54) is 4.88 Å². The summed E-state index contributed by atoms with van der Waals surface area (Å²) in [5.74, 6) is 0.795. The Kier molecular flexibility index (Phi) is 6.47. The van der Waals surface area contributed by atoms with Crippen LogP contribution in [-0.4, -0.2) is 52.7 Å². The fourth-order valence-electron chi connectivity index (χ4n) is 4.05. The second kappa shape index (κ2) is 8.68. The minimum absolute atomic E-state index is 0.170. The smallest absolute Gasteiger partial charge is 0.410 e. The van der Waals surface area contributed by atoms with Crippen LogP contribution >= 0.6 is 11.3 Å². The third kappa shape index (κ3) is 5.16. The molecule has 2 fully saturated rings. The van der Waals surface area contributed by atoms with Crippen LogP contribution in [0.15, 0.2) is 11.2 Å². The molecule has 2 bridgehead atoms. The highest BCUT2D eigenvalue weighted by Gasteiger charge is 2.45. The summed E-state index contributed by atoms with van der Waals surface area (Å²) in [4.78, 5) is 24.7. The molecule has 2 saturated heterocycles. The normalized spacial score (nSPS) is 25.0. The van der Waals surface area contributed by atoms with E-state index in [4.69, 9.17) is 4.74 Å². The third-order valence-corrected chi connectivity index (χ3v) is 6.40. The van der Waals surface area contributed by atoms with Gasteiger partial charge < -0.3 is 20.3 Å². The number of amides is 1. The van der Waals surface area contributed by atoms with Crippen LogP contribution in [0.5, 0.6) is 0 Å². The molecular weight excluding hydrogens is 374 g/mol. The van der Waals surface area contributed by atoms with Crippen molar-refractivity contribution in [2.75, 3.05) is 7.05 Å². The summed E-state index contributed by atoms with van der Waals surface area (Å²) < 4.78 is 5.62. The molecule has 156 valence electrons. The summed E-state index contributed by atoms with van der Waals surface area (Å²) in [5, 5.41) is 7.98. The Balaban J connectivity index is 1.52. The zero-order valence-corrected chi connectivity index (χ0v) is 18.4. The number of guanidine groups is 1. The number of nitrogens with zero attached hydrogens (tertiary/aromatic N) is 3. The van der Waals surface area contributed by atoms with Gasteiger partial charge in [-0.05, 0) is 52.9 Å². The van der Waals surface area contributed by atoms with Crippen LogP contribution in [0, 0.1) is 0 Å². The number of nitrogens with one attached hydrogen (secondary N) is 2. The van der Waals surface area contributed by atoms with Gasteiger partial charge in [0.05, 0.1) is 6.54 Å². The zero-order valence-electron chi connectivity index (χ0n) is 17.6.